The van der Waals surface area contributed by atoms with Gasteiger partial charge in [-0.05, 0) is 61.6 Å². The molecule has 0 amide bonds. The number of aromatic hydroxyl groups is 1. The number of benzene rings is 2. The maximum atomic E-state index is 13.2. The van der Waals surface area contributed by atoms with E-state index in [9.17, 15) is 15.0 Å². The maximum Gasteiger partial charge on any atom is 0.189 e. The molecule has 8 rings (SSSR count). The highest BCUT2D eigenvalue weighted by atomic mass is 33.1. The number of phenols is 1. The van der Waals surface area contributed by atoms with Crippen molar-refractivity contribution in [1.29, 1.82) is 0 Å². The zero-order valence-corrected chi connectivity index (χ0v) is 35.2. The Hall–Kier alpha value is -3.68. The summed E-state index contributed by atoms with van der Waals surface area (Å²) >= 11 is 0. The number of phenolic OH excluding ortho intramolecular Hbond substituents is 1. The van der Waals surface area contributed by atoms with Gasteiger partial charge in [0.05, 0.1) is 37.5 Å². The zero-order valence-electron chi connectivity index (χ0n) is 33.6. The zero-order chi connectivity index (χ0) is 39.9. The highest BCUT2D eigenvalue weighted by Gasteiger charge is 2.38. The normalized spacial score (nSPS) is 26.7. The topological polar surface area (TPSA) is 148 Å². The molecule has 10 nitrogen and oxygen atoms in total. The van der Waals surface area contributed by atoms with E-state index in [2.05, 4.69) is 54.2 Å². The Labute approximate surface area is 346 Å². The second kappa shape index (κ2) is 18.9. The van der Waals surface area contributed by atoms with E-state index in [1.807, 2.05) is 21.6 Å². The van der Waals surface area contributed by atoms with Gasteiger partial charge in [-0.1, -0.05) is 90.5 Å². The molecule has 2 aliphatic carbocycles. The third kappa shape index (κ3) is 9.96. The molecule has 0 radical (unpaired) electrons. The van der Waals surface area contributed by atoms with Gasteiger partial charge in [0.2, 0.25) is 0 Å². The van der Waals surface area contributed by atoms with Crippen LogP contribution in [0.4, 0.5) is 0 Å². The number of carbonyl (C=O) groups is 1. The molecule has 0 aromatic heterocycles. The lowest BCUT2D eigenvalue weighted by molar-refractivity contribution is -0.121. The number of nitrogens with two attached hydrogens (primary N) is 1. The largest absolute Gasteiger partial charge is 0.504 e. The summed E-state index contributed by atoms with van der Waals surface area (Å²) in [7, 11) is 5.26. The monoisotopic (exact) mass is 814 g/mol. The molecular weight excluding hydrogens is 757 g/mol. The van der Waals surface area contributed by atoms with Crippen molar-refractivity contribution in [2.75, 3.05) is 32.0 Å². The molecule has 12 heteroatoms. The number of aryl methyl sites for hydroxylation is 2. The molecule has 1 fully saturated rings. The summed E-state index contributed by atoms with van der Waals surface area (Å²) in [4.78, 5) is 18.1. The summed E-state index contributed by atoms with van der Waals surface area (Å²) in [6.07, 6.45) is 8.32. The SMILES string of the molecule is COc1c(O)ccc2c1C#CCc1cc(c3c4c1OCNC1(CC#C[C@H]5NC(N)=N[C@H](C(C)C)CSSC[C@@H]5[C@H](CO4)C3)CCCCC1)CC[C@@H](O)CC(=O)CC2. The quantitative estimate of drug-likeness (QED) is 0.177. The van der Waals surface area contributed by atoms with Crippen LogP contribution in [0.5, 0.6) is 23.0 Å². The van der Waals surface area contributed by atoms with Crippen LogP contribution in [-0.4, -0.2) is 77.6 Å². The van der Waals surface area contributed by atoms with Gasteiger partial charge in [0.15, 0.2) is 29.0 Å². The highest BCUT2D eigenvalue weighted by molar-refractivity contribution is 8.76. The molecule has 0 saturated heterocycles. The predicted octanol–water partition coefficient (Wildman–Crippen LogP) is 6.09. The molecule has 1 spiro atoms. The van der Waals surface area contributed by atoms with Crippen LogP contribution in [0.15, 0.2) is 23.2 Å². The molecule has 2 aromatic carbocycles. The van der Waals surface area contributed by atoms with Gasteiger partial charge in [-0.15, -0.1) is 0 Å². The number of ether oxygens (including phenoxy) is 3. The number of guanidine groups is 1. The Morgan fingerprint density at radius 1 is 1.02 bits per heavy atom. The number of aliphatic hydroxyl groups excluding tert-OH is 1. The van der Waals surface area contributed by atoms with Crippen LogP contribution >= 0.6 is 21.6 Å². The van der Waals surface area contributed by atoms with Gasteiger partial charge in [0.1, 0.15) is 12.5 Å². The summed E-state index contributed by atoms with van der Waals surface area (Å²) < 4.78 is 19.3. The number of Topliss-reactive ketones (excluding diaryl/α,β-unsaturated/α-hetero) is 1. The van der Waals surface area contributed by atoms with Gasteiger partial charge in [0.25, 0.3) is 0 Å². The first kappa shape index (κ1) is 41.5. The standard InChI is InChI=1S/C45H58N4O6S2/c1-28(2)39-26-57-56-25-37-32-22-36-30-13-16-34(51)23-33(50)15-12-29-14-17-40(52)42(53-3)35(29)10-7-9-31(21-30)41(43(36)54-24-32)55-27-47-45(18-5-4-6-19-45)20-8-11-38(37)48-44(46)49-39/h14,17,21,28,32,34,37-39,47,51-52H,4-6,9,12-13,15-16,18-20,22-27H2,1-3H3,(H3,46,48,49)/t32-,34+,37+,38+,39-/m0/s1. The second-order valence-electron chi connectivity index (χ2n) is 16.7. The fourth-order valence-corrected chi connectivity index (χ4v) is 11.8. The predicted molar refractivity (Wildman–Crippen MR) is 229 cm³/mol. The number of fused-ring (bicyclic) bond motifs is 7. The Balaban J connectivity index is 1.33. The van der Waals surface area contributed by atoms with E-state index in [0.29, 0.717) is 68.6 Å². The van der Waals surface area contributed by atoms with Gasteiger partial charge in [-0.25, -0.2) is 4.99 Å². The summed E-state index contributed by atoms with van der Waals surface area (Å²) in [5, 5.41) is 29.3. The number of nitrogens with one attached hydrogen (secondary N) is 2. The van der Waals surface area contributed by atoms with Crippen LogP contribution in [0.2, 0.25) is 0 Å². The van der Waals surface area contributed by atoms with Crippen LogP contribution in [0.1, 0.15) is 99.5 Å². The van der Waals surface area contributed by atoms with E-state index in [-0.39, 0.29) is 59.6 Å². The first-order chi connectivity index (χ1) is 27.6. The number of methoxy groups -OCH3 is 1. The molecule has 2 aromatic rings. The molecule has 57 heavy (non-hydrogen) atoms. The van der Waals surface area contributed by atoms with Crippen LogP contribution in [0.3, 0.4) is 0 Å². The van der Waals surface area contributed by atoms with Gasteiger partial charge in [-0.2, -0.15) is 0 Å². The number of aliphatic hydroxyl groups is 1. The van der Waals surface area contributed by atoms with E-state index < -0.39 is 6.10 Å². The third-order valence-corrected chi connectivity index (χ3v) is 14.9. The van der Waals surface area contributed by atoms with E-state index >= 15 is 0 Å². The first-order valence-electron chi connectivity index (χ1n) is 20.7. The Kier molecular flexibility index (Phi) is 13.8. The second-order valence-corrected chi connectivity index (χ2v) is 19.2. The molecule has 6 bridgehead atoms. The fraction of sp³-hybridized carbons (Fsp3) is 0.600. The smallest absolute Gasteiger partial charge is 0.189 e. The molecule has 306 valence electrons. The molecule has 6 aliphatic rings. The lowest BCUT2D eigenvalue weighted by Crippen LogP contribution is -2.50. The molecule has 5 atom stereocenters. The van der Waals surface area contributed by atoms with Gasteiger partial charge in [-0.3, -0.25) is 10.1 Å². The van der Waals surface area contributed by atoms with Crippen LogP contribution < -0.4 is 30.6 Å². The van der Waals surface area contributed by atoms with E-state index in [1.54, 1.807) is 12.1 Å². The van der Waals surface area contributed by atoms with Crippen molar-refractivity contribution < 1.29 is 29.2 Å². The number of carbonyl (C=O) groups excluding carboxylic acids is 1. The van der Waals surface area contributed by atoms with Crippen LogP contribution in [-0.2, 0) is 30.5 Å². The van der Waals surface area contributed by atoms with E-state index in [0.717, 1.165) is 71.6 Å². The summed E-state index contributed by atoms with van der Waals surface area (Å²) in [5.41, 5.74) is 10.9. The lowest BCUT2D eigenvalue weighted by Gasteiger charge is -2.39. The van der Waals surface area contributed by atoms with Gasteiger partial charge < -0.3 is 35.5 Å². The molecule has 1 saturated carbocycles. The molecule has 6 N–H and O–H groups in total. The third-order valence-electron chi connectivity index (χ3n) is 12.4. The Bertz CT molecular complexity index is 1940. The van der Waals surface area contributed by atoms with Gasteiger partial charge >= 0.3 is 0 Å². The lowest BCUT2D eigenvalue weighted by atomic mass is 9.78. The molecular formula is C45H58N4O6S2. The van der Waals surface area contributed by atoms with Crippen molar-refractivity contribution in [2.24, 2.45) is 28.5 Å². The minimum atomic E-state index is -0.788. The number of hydrogen-bond acceptors (Lipinski definition) is 12. The minimum Gasteiger partial charge on any atom is -0.504 e. The van der Waals surface area contributed by atoms with Crippen molar-refractivity contribution in [3.8, 4) is 46.7 Å². The molecule has 4 aliphatic heterocycles. The molecule has 0 unspecified atom stereocenters. The number of hydrogen-bond donors (Lipinski definition) is 5. The summed E-state index contributed by atoms with van der Waals surface area (Å²) in [6.45, 7) is 5.16. The number of ketones is 1. The summed E-state index contributed by atoms with van der Waals surface area (Å²) in [6, 6.07) is 5.45. The molecule has 4 heterocycles. The minimum absolute atomic E-state index is 0.00606. The first-order valence-corrected chi connectivity index (χ1v) is 23.2. The Morgan fingerprint density at radius 2 is 1.84 bits per heavy atom. The van der Waals surface area contributed by atoms with Crippen LogP contribution in [0.25, 0.3) is 0 Å². The number of nitrogens with zero attached hydrogens (tertiary/aromatic N) is 1. The average molecular weight is 815 g/mol. The van der Waals surface area contributed by atoms with Crippen molar-refractivity contribution in [3.63, 3.8) is 0 Å². The van der Waals surface area contributed by atoms with E-state index in [4.69, 9.17) is 24.9 Å². The van der Waals surface area contributed by atoms with Crippen LogP contribution in [0, 0.1) is 41.4 Å². The van der Waals surface area contributed by atoms with E-state index in [1.165, 1.54) is 13.5 Å². The van der Waals surface area contributed by atoms with Crippen molar-refractivity contribution in [3.05, 3.63) is 46.0 Å². The maximum absolute atomic E-state index is 13.2. The fourth-order valence-electron chi connectivity index (χ4n) is 8.91. The highest BCUT2D eigenvalue weighted by Crippen LogP contribution is 2.45. The summed E-state index contributed by atoms with van der Waals surface area (Å²) in [5.74, 6) is 18.5. The number of aliphatic imine (C=N–C) groups is 1. The van der Waals surface area contributed by atoms with Crippen molar-refractivity contribution in [2.45, 2.75) is 121 Å². The average Bonchev–Trinajstić information content (AvgIpc) is 3.19. The number of rotatable bonds is 2. The Morgan fingerprint density at radius 3 is 2.65 bits per heavy atom. The van der Waals surface area contributed by atoms with Crippen molar-refractivity contribution in [1.82, 2.24) is 10.6 Å². The van der Waals surface area contributed by atoms with Crippen molar-refractivity contribution >= 4 is 33.3 Å². The van der Waals surface area contributed by atoms with Gasteiger partial charge in [0, 0.05) is 65.7 Å².